The Hall–Kier alpha value is -0.500. The Morgan fingerprint density at radius 1 is 0.517 bits per heavy atom. The standard InChI is InChI=1S/C49H101N2O6P/c1-6-8-10-12-13-14-15-16-17-18-19-20-21-22-23-24-25-26-27-28-29-30-31-32-33-34-35-36-37-39-41-43-49(53)50-47(48(52)42-40-38-11-9-7-2)46-57-58(54,55)56-45-44-51(3,4)5/h47-48,52H,6-46H2,1-5H3,(H-,50,53,54,55)/p+1. The minimum atomic E-state index is -4.29. The Labute approximate surface area is 361 Å². The normalized spacial score (nSPS) is 14.1. The van der Waals surface area contributed by atoms with Crippen LogP contribution in [0.25, 0.3) is 0 Å². The van der Waals surface area contributed by atoms with Crippen LogP contribution >= 0.6 is 7.82 Å². The third kappa shape index (κ3) is 43.6. The van der Waals surface area contributed by atoms with Crippen LogP contribution in [0.2, 0.25) is 0 Å². The maximum atomic E-state index is 12.8. The average Bonchev–Trinajstić information content (AvgIpc) is 3.17. The first kappa shape index (κ1) is 57.5. The number of aliphatic hydroxyl groups excluding tert-OH is 1. The van der Waals surface area contributed by atoms with Crippen LogP contribution in [0, 0.1) is 0 Å². The van der Waals surface area contributed by atoms with Crippen LogP contribution in [0.1, 0.15) is 258 Å². The minimum Gasteiger partial charge on any atom is -0.391 e. The third-order valence-corrected chi connectivity index (χ3v) is 12.8. The molecule has 3 unspecified atom stereocenters. The summed E-state index contributed by atoms with van der Waals surface area (Å²) in [5, 5.41) is 13.8. The van der Waals surface area contributed by atoms with Gasteiger partial charge in [0.2, 0.25) is 5.91 Å². The van der Waals surface area contributed by atoms with Crippen molar-refractivity contribution < 1.29 is 32.9 Å². The number of phosphoric ester groups is 1. The highest BCUT2D eigenvalue weighted by Crippen LogP contribution is 2.43. The lowest BCUT2D eigenvalue weighted by atomic mass is 10.0. The van der Waals surface area contributed by atoms with Crippen LogP contribution in [0.3, 0.4) is 0 Å². The van der Waals surface area contributed by atoms with Gasteiger partial charge in [-0.2, -0.15) is 0 Å². The van der Waals surface area contributed by atoms with E-state index in [1.165, 1.54) is 180 Å². The van der Waals surface area contributed by atoms with Crippen LogP contribution in [-0.4, -0.2) is 73.4 Å². The summed E-state index contributed by atoms with van der Waals surface area (Å²) in [6, 6.07) is -0.750. The molecule has 0 bridgehead atoms. The predicted molar refractivity (Wildman–Crippen MR) is 249 cm³/mol. The summed E-state index contributed by atoms with van der Waals surface area (Å²) in [4.78, 5) is 23.0. The number of phosphoric acid groups is 1. The first-order valence-corrected chi connectivity index (χ1v) is 26.9. The second-order valence-electron chi connectivity index (χ2n) is 18.9. The SMILES string of the molecule is CCCCCCCCCCCCCCCCCCCCCCCCCCCCCCCCCC(=O)NC(COP(=O)(O)OCC[N+](C)(C)C)C(O)CCCCCCC. The maximum absolute atomic E-state index is 12.8. The molecular weight excluding hydrogens is 744 g/mol. The molecule has 9 heteroatoms. The summed E-state index contributed by atoms with van der Waals surface area (Å²) in [7, 11) is 1.62. The van der Waals surface area contributed by atoms with Gasteiger partial charge < -0.3 is 19.8 Å². The molecule has 0 aliphatic carbocycles. The molecule has 1 amide bonds. The van der Waals surface area contributed by atoms with E-state index < -0.39 is 20.0 Å². The van der Waals surface area contributed by atoms with Crippen LogP contribution in [0.15, 0.2) is 0 Å². The molecule has 0 heterocycles. The number of nitrogens with one attached hydrogen (secondary N) is 1. The van der Waals surface area contributed by atoms with Gasteiger partial charge in [0, 0.05) is 6.42 Å². The fraction of sp³-hybridized carbons (Fsp3) is 0.980. The van der Waals surface area contributed by atoms with Crippen molar-refractivity contribution in [3.05, 3.63) is 0 Å². The molecule has 348 valence electrons. The number of likely N-dealkylation sites (N-methyl/N-ethyl adjacent to an activating group) is 1. The molecule has 0 aromatic carbocycles. The van der Waals surface area contributed by atoms with E-state index in [-0.39, 0.29) is 19.1 Å². The summed E-state index contributed by atoms with van der Waals surface area (Å²) in [6.45, 7) is 4.83. The fourth-order valence-electron chi connectivity index (χ4n) is 7.81. The molecule has 8 nitrogen and oxygen atoms in total. The van der Waals surface area contributed by atoms with Gasteiger partial charge in [0.25, 0.3) is 0 Å². The molecule has 58 heavy (non-hydrogen) atoms. The number of hydrogen-bond donors (Lipinski definition) is 3. The first-order chi connectivity index (χ1) is 28.0. The molecule has 0 aliphatic rings. The summed E-state index contributed by atoms with van der Waals surface area (Å²) in [6.07, 6.45) is 47.9. The Morgan fingerprint density at radius 3 is 1.16 bits per heavy atom. The Bertz CT molecular complexity index is 916. The third-order valence-electron chi connectivity index (χ3n) is 11.9. The molecule has 3 atom stereocenters. The zero-order chi connectivity index (χ0) is 42.8. The number of carbonyl (C=O) groups excluding carboxylic acids is 1. The second kappa shape index (κ2) is 41.8. The van der Waals surface area contributed by atoms with Gasteiger partial charge in [-0.1, -0.05) is 239 Å². The van der Waals surface area contributed by atoms with Crippen LogP contribution in [0.4, 0.5) is 0 Å². The van der Waals surface area contributed by atoms with E-state index in [1.54, 1.807) is 0 Å². The van der Waals surface area contributed by atoms with Crippen LogP contribution in [0.5, 0.6) is 0 Å². The highest BCUT2D eigenvalue weighted by atomic mass is 31.2. The topological polar surface area (TPSA) is 105 Å². The lowest BCUT2D eigenvalue weighted by molar-refractivity contribution is -0.870. The Morgan fingerprint density at radius 2 is 0.828 bits per heavy atom. The smallest absolute Gasteiger partial charge is 0.391 e. The van der Waals surface area contributed by atoms with Gasteiger partial charge in [0.05, 0.1) is 39.9 Å². The minimum absolute atomic E-state index is 0.0774. The van der Waals surface area contributed by atoms with Crippen LogP contribution < -0.4 is 5.32 Å². The number of aliphatic hydroxyl groups is 1. The molecule has 0 aromatic rings. The van der Waals surface area contributed by atoms with Crippen molar-refractivity contribution in [2.75, 3.05) is 40.9 Å². The van der Waals surface area contributed by atoms with Crippen molar-refractivity contribution >= 4 is 13.7 Å². The number of rotatable bonds is 47. The average molecular weight is 846 g/mol. The molecular formula is C49H102N2O6P+. The van der Waals surface area contributed by atoms with Crippen molar-refractivity contribution in [1.29, 1.82) is 0 Å². The van der Waals surface area contributed by atoms with Crippen molar-refractivity contribution in [2.24, 2.45) is 0 Å². The number of quaternary nitrogens is 1. The Kier molecular flexibility index (Phi) is 41.5. The van der Waals surface area contributed by atoms with E-state index in [1.807, 2.05) is 21.1 Å². The van der Waals surface area contributed by atoms with E-state index in [4.69, 9.17) is 9.05 Å². The van der Waals surface area contributed by atoms with Gasteiger partial charge in [0.1, 0.15) is 13.2 Å². The molecule has 0 aliphatic heterocycles. The number of unbranched alkanes of at least 4 members (excludes halogenated alkanes) is 34. The van der Waals surface area contributed by atoms with E-state index in [0.29, 0.717) is 23.9 Å². The molecule has 0 saturated carbocycles. The molecule has 0 aromatic heterocycles. The summed E-state index contributed by atoms with van der Waals surface area (Å²) < 4.78 is 23.5. The number of amides is 1. The zero-order valence-electron chi connectivity index (χ0n) is 39.6. The number of hydrogen-bond acceptors (Lipinski definition) is 5. The van der Waals surface area contributed by atoms with E-state index >= 15 is 0 Å². The zero-order valence-corrected chi connectivity index (χ0v) is 40.5. The van der Waals surface area contributed by atoms with Gasteiger partial charge in [-0.15, -0.1) is 0 Å². The van der Waals surface area contributed by atoms with Crippen molar-refractivity contribution in [1.82, 2.24) is 5.32 Å². The van der Waals surface area contributed by atoms with E-state index in [2.05, 4.69) is 19.2 Å². The summed E-state index contributed by atoms with van der Waals surface area (Å²) >= 11 is 0. The highest BCUT2D eigenvalue weighted by molar-refractivity contribution is 7.47. The van der Waals surface area contributed by atoms with Gasteiger partial charge >= 0.3 is 7.82 Å². The molecule has 0 fully saturated rings. The van der Waals surface area contributed by atoms with E-state index in [0.717, 1.165) is 51.4 Å². The largest absolute Gasteiger partial charge is 0.472 e. The van der Waals surface area contributed by atoms with Gasteiger partial charge in [-0.25, -0.2) is 4.57 Å². The maximum Gasteiger partial charge on any atom is 0.472 e. The lowest BCUT2D eigenvalue weighted by Crippen LogP contribution is -2.46. The molecule has 0 rings (SSSR count). The second-order valence-corrected chi connectivity index (χ2v) is 20.4. The van der Waals surface area contributed by atoms with Crippen molar-refractivity contribution in [3.8, 4) is 0 Å². The molecule has 0 saturated heterocycles. The van der Waals surface area contributed by atoms with Gasteiger partial charge in [0.15, 0.2) is 0 Å². The number of nitrogens with zero attached hydrogens (tertiary/aromatic N) is 1. The van der Waals surface area contributed by atoms with Gasteiger partial charge in [-0.05, 0) is 12.8 Å². The molecule has 3 N–H and O–H groups in total. The molecule has 0 radical (unpaired) electrons. The Balaban J connectivity index is 3.75. The highest BCUT2D eigenvalue weighted by Gasteiger charge is 2.28. The van der Waals surface area contributed by atoms with E-state index in [9.17, 15) is 19.4 Å². The predicted octanol–water partition coefficient (Wildman–Crippen LogP) is 14.5. The summed E-state index contributed by atoms with van der Waals surface area (Å²) in [5.74, 6) is -0.146. The lowest BCUT2D eigenvalue weighted by Gasteiger charge is -2.26. The van der Waals surface area contributed by atoms with Crippen LogP contribution in [-0.2, 0) is 18.4 Å². The monoisotopic (exact) mass is 846 g/mol. The fourth-order valence-corrected chi connectivity index (χ4v) is 8.55. The quantitative estimate of drug-likeness (QED) is 0.0320. The first-order valence-electron chi connectivity index (χ1n) is 25.4. The molecule has 0 spiro atoms. The number of carbonyl (C=O) groups is 1. The summed E-state index contributed by atoms with van der Waals surface area (Å²) in [5.41, 5.74) is 0. The van der Waals surface area contributed by atoms with Crippen molar-refractivity contribution in [2.45, 2.75) is 270 Å². The van der Waals surface area contributed by atoms with Crippen molar-refractivity contribution in [3.63, 3.8) is 0 Å². The van der Waals surface area contributed by atoms with Gasteiger partial charge in [-0.3, -0.25) is 13.8 Å².